The second-order valence-electron chi connectivity index (χ2n) is 16.5. The summed E-state index contributed by atoms with van der Waals surface area (Å²) in [5.41, 5.74) is -2.42. The maximum atomic E-state index is 13.2. The van der Waals surface area contributed by atoms with Crippen molar-refractivity contribution in [3.8, 4) is 0 Å². The van der Waals surface area contributed by atoms with E-state index in [2.05, 4.69) is 27.8 Å². The van der Waals surface area contributed by atoms with Crippen molar-refractivity contribution in [3.05, 3.63) is 11.5 Å². The Kier molecular flexibility index (Phi) is 22.6. The maximum Gasteiger partial charge on any atom is 0.303 e. The zero-order valence-corrected chi connectivity index (χ0v) is 35.9. The minimum Gasteiger partial charge on any atom is -0.481 e. The topological polar surface area (TPSA) is 183 Å². The van der Waals surface area contributed by atoms with Gasteiger partial charge in [0.25, 0.3) is 0 Å². The molecule has 0 unspecified atom stereocenters. The average Bonchev–Trinajstić information content (AvgIpc) is 2.98. The molecule has 0 aromatic rings. The van der Waals surface area contributed by atoms with Gasteiger partial charge in [0, 0.05) is 63.1 Å². The number of rotatable bonds is 28. The van der Waals surface area contributed by atoms with Crippen molar-refractivity contribution in [3.63, 3.8) is 0 Å². The van der Waals surface area contributed by atoms with Crippen LogP contribution in [0.4, 0.5) is 0 Å². The number of carbonyl (C=O) groups is 6. The Labute approximate surface area is 327 Å². The number of amides is 5. The monoisotopic (exact) mass is 787 g/mol. The van der Waals surface area contributed by atoms with Crippen LogP contribution in [0.5, 0.6) is 0 Å². The van der Waals surface area contributed by atoms with Gasteiger partial charge in [-0.3, -0.25) is 28.8 Å². The number of nitrogens with one attached hydrogen (secondary N) is 4. The van der Waals surface area contributed by atoms with Gasteiger partial charge >= 0.3 is 5.97 Å². The first-order chi connectivity index (χ1) is 24.3. The molecule has 5 amide bonds. The van der Waals surface area contributed by atoms with E-state index in [1.807, 2.05) is 76.2 Å². The summed E-state index contributed by atoms with van der Waals surface area (Å²) < 4.78 is 6.14. The molecule has 0 radical (unpaired) electrons. The highest BCUT2D eigenvalue weighted by atomic mass is 32.2. The first-order valence-corrected chi connectivity index (χ1v) is 20.5. The highest BCUT2D eigenvalue weighted by Crippen LogP contribution is 2.36. The molecular formula is C38H69N5O8S2. The second kappa shape index (κ2) is 23.9. The number of hydrogen-bond acceptors (Lipinski definition) is 9. The van der Waals surface area contributed by atoms with Crippen molar-refractivity contribution in [1.29, 1.82) is 0 Å². The van der Waals surface area contributed by atoms with Crippen molar-refractivity contribution in [1.82, 2.24) is 26.2 Å². The third kappa shape index (κ3) is 25.8. The number of nitrogens with zero attached hydrogens (tertiary/aromatic N) is 1. The zero-order valence-electron chi connectivity index (χ0n) is 34.3. The van der Waals surface area contributed by atoms with Crippen LogP contribution in [0.1, 0.15) is 115 Å². The Morgan fingerprint density at radius 3 is 1.89 bits per heavy atom. The lowest BCUT2D eigenvalue weighted by atomic mass is 9.73. The molecule has 0 aromatic carbocycles. The lowest BCUT2D eigenvalue weighted by Crippen LogP contribution is -2.46. The molecule has 53 heavy (non-hydrogen) atoms. The molecule has 0 aliphatic carbocycles. The number of allylic oxidation sites excluding steroid dienone is 1. The number of thioether (sulfide) groups is 2. The Morgan fingerprint density at radius 1 is 0.792 bits per heavy atom. The first-order valence-electron chi connectivity index (χ1n) is 18.4. The number of aliphatic carboxylic acids is 1. The molecule has 0 heterocycles. The molecule has 13 nitrogen and oxygen atoms in total. The maximum absolute atomic E-state index is 13.2. The molecular weight excluding hydrogens is 719 g/mol. The quantitative estimate of drug-likeness (QED) is 0.0743. The Bertz CT molecular complexity index is 1240. The van der Waals surface area contributed by atoms with Gasteiger partial charge in [0.2, 0.25) is 29.5 Å². The molecule has 0 saturated carbocycles. The summed E-state index contributed by atoms with van der Waals surface area (Å²) in [5, 5.41) is 21.1. The molecule has 306 valence electrons. The minimum atomic E-state index is -0.888. The van der Waals surface area contributed by atoms with Crippen LogP contribution in [0.15, 0.2) is 11.5 Å². The van der Waals surface area contributed by atoms with Gasteiger partial charge in [0.1, 0.15) is 0 Å². The van der Waals surface area contributed by atoms with Crippen LogP contribution in [0.2, 0.25) is 0 Å². The SMILES string of the molecule is C=C(C)SCC(=O)NCCN(CCNC(=O)CSC(C)C)C(=O)CCC(=O)NC(C)(C)CCOC(C)(C)CCNC(=O)C(C)(C)CC(C)(C)CC(=O)O. The van der Waals surface area contributed by atoms with Crippen LogP contribution >= 0.6 is 23.5 Å². The molecule has 0 spiro atoms. The normalized spacial score (nSPS) is 12.2. The molecule has 0 bridgehead atoms. The molecule has 0 saturated heterocycles. The minimum absolute atomic E-state index is 0.0170. The average molecular weight is 788 g/mol. The van der Waals surface area contributed by atoms with Crippen LogP contribution < -0.4 is 21.3 Å². The van der Waals surface area contributed by atoms with Crippen molar-refractivity contribution < 1.29 is 38.6 Å². The van der Waals surface area contributed by atoms with Crippen molar-refractivity contribution in [2.24, 2.45) is 10.8 Å². The third-order valence-corrected chi connectivity index (χ3v) is 10.2. The molecule has 5 N–H and O–H groups in total. The summed E-state index contributed by atoms with van der Waals surface area (Å²) >= 11 is 2.87. The lowest BCUT2D eigenvalue weighted by molar-refractivity contribution is -0.141. The molecule has 0 aromatic heterocycles. The van der Waals surface area contributed by atoms with Crippen LogP contribution in [-0.2, 0) is 33.5 Å². The van der Waals surface area contributed by atoms with E-state index in [0.29, 0.717) is 43.4 Å². The summed E-state index contributed by atoms with van der Waals surface area (Å²) in [5.74, 6) is -1.27. The fourth-order valence-electron chi connectivity index (χ4n) is 5.56. The molecule has 0 rings (SSSR count). The third-order valence-electron chi connectivity index (χ3n) is 8.20. The van der Waals surface area contributed by atoms with Gasteiger partial charge in [-0.1, -0.05) is 48.1 Å². The number of carbonyl (C=O) groups excluding carboxylic acids is 5. The van der Waals surface area contributed by atoms with Crippen molar-refractivity contribution in [2.45, 2.75) is 131 Å². The van der Waals surface area contributed by atoms with Gasteiger partial charge < -0.3 is 36.0 Å². The van der Waals surface area contributed by atoms with E-state index in [-0.39, 0.29) is 80.7 Å². The van der Waals surface area contributed by atoms with E-state index >= 15 is 0 Å². The Balaban J connectivity index is 4.91. The van der Waals surface area contributed by atoms with E-state index in [0.717, 1.165) is 4.91 Å². The highest BCUT2D eigenvalue weighted by Gasteiger charge is 2.36. The number of ether oxygens (including phenoxy) is 1. The largest absolute Gasteiger partial charge is 0.481 e. The van der Waals surface area contributed by atoms with Crippen molar-refractivity contribution in [2.75, 3.05) is 50.8 Å². The summed E-state index contributed by atoms with van der Waals surface area (Å²) in [6.45, 7) is 26.4. The van der Waals surface area contributed by atoms with Crippen LogP contribution in [0, 0.1) is 10.8 Å². The summed E-state index contributed by atoms with van der Waals surface area (Å²) in [4.78, 5) is 76.9. The van der Waals surface area contributed by atoms with E-state index < -0.39 is 27.9 Å². The van der Waals surface area contributed by atoms with Gasteiger partial charge in [-0.15, -0.1) is 23.5 Å². The van der Waals surface area contributed by atoms with Crippen LogP contribution in [0.25, 0.3) is 0 Å². The molecule has 15 heteroatoms. The summed E-state index contributed by atoms with van der Waals surface area (Å²) in [6.07, 6.45) is 1.43. The predicted molar refractivity (Wildman–Crippen MR) is 216 cm³/mol. The summed E-state index contributed by atoms with van der Waals surface area (Å²) in [7, 11) is 0. The zero-order chi connectivity index (χ0) is 41.0. The van der Waals surface area contributed by atoms with Crippen LogP contribution in [-0.4, -0.2) is 113 Å². The highest BCUT2D eigenvalue weighted by molar-refractivity contribution is 8.03. The Morgan fingerprint density at radius 2 is 1.36 bits per heavy atom. The molecule has 0 atom stereocenters. The molecule has 0 fully saturated rings. The van der Waals surface area contributed by atoms with Crippen LogP contribution in [0.3, 0.4) is 0 Å². The molecule has 0 aliphatic rings. The van der Waals surface area contributed by atoms with E-state index in [1.54, 1.807) is 4.90 Å². The van der Waals surface area contributed by atoms with Crippen molar-refractivity contribution >= 4 is 59.0 Å². The second-order valence-corrected chi connectivity index (χ2v) is 19.4. The fraction of sp³-hybridized carbons (Fsp3) is 0.789. The van der Waals surface area contributed by atoms with E-state index in [1.165, 1.54) is 23.5 Å². The lowest BCUT2D eigenvalue weighted by Gasteiger charge is -2.34. The number of hydrogen-bond donors (Lipinski definition) is 5. The molecule has 0 aliphatic heterocycles. The number of carboxylic acids is 1. The van der Waals surface area contributed by atoms with E-state index in [9.17, 15) is 33.9 Å². The van der Waals surface area contributed by atoms with Gasteiger partial charge in [0.05, 0.1) is 23.5 Å². The predicted octanol–water partition coefficient (Wildman–Crippen LogP) is 4.74. The van der Waals surface area contributed by atoms with Gasteiger partial charge in [-0.25, -0.2) is 0 Å². The smallest absolute Gasteiger partial charge is 0.303 e. The van der Waals surface area contributed by atoms with Gasteiger partial charge in [-0.2, -0.15) is 0 Å². The standard InChI is InChI=1S/C38H69N5O8S2/c1-27(2)52-24-30(45)39-18-20-43(21-19-40-31(46)25-53-28(3)4)32(47)14-13-29(44)42-37(9,10)16-22-51-38(11,12)15-17-41-34(50)36(7,8)26-35(5,6)23-33(48)49/h28H,1,13-26H2,2-12H3,(H,39,45)(H,40,46)(H,41,50)(H,42,44)(H,48,49). The Hall–Kier alpha value is -2.78. The van der Waals surface area contributed by atoms with E-state index in [4.69, 9.17) is 4.74 Å². The first kappa shape index (κ1) is 50.2. The van der Waals surface area contributed by atoms with Gasteiger partial charge in [0.15, 0.2) is 0 Å². The summed E-state index contributed by atoms with van der Waals surface area (Å²) in [6, 6.07) is 0. The number of carboxylic acid groups (broad SMARTS) is 1. The fourth-order valence-corrected chi connectivity index (χ4v) is 6.62. The van der Waals surface area contributed by atoms with Gasteiger partial charge in [-0.05, 0) is 69.5 Å².